The highest BCUT2D eigenvalue weighted by Gasteiger charge is 2.51. The molecule has 2 heterocycles. The van der Waals surface area contributed by atoms with Crippen LogP contribution in [-0.4, -0.2) is 43.1 Å². The second-order valence-corrected chi connectivity index (χ2v) is 7.46. The average Bonchev–Trinajstić information content (AvgIpc) is 2.89. The highest BCUT2D eigenvalue weighted by Crippen LogP contribution is 2.38. The first-order valence-corrected chi connectivity index (χ1v) is 8.11. The predicted octanol–water partition coefficient (Wildman–Crippen LogP) is 1.09. The molecule has 0 atom stereocenters. The molecule has 0 spiro atoms. The maximum Gasteiger partial charge on any atom is 0.494 e. The van der Waals surface area contributed by atoms with Crippen LogP contribution in [0.1, 0.15) is 33.3 Å². The summed E-state index contributed by atoms with van der Waals surface area (Å²) in [5.74, 6) is 1.03. The van der Waals surface area contributed by atoms with Crippen molar-refractivity contribution < 1.29 is 19.4 Å². The smallest absolute Gasteiger partial charge is 0.429 e. The van der Waals surface area contributed by atoms with Crippen LogP contribution in [0.4, 0.5) is 5.69 Å². The summed E-state index contributed by atoms with van der Waals surface area (Å²) in [6.45, 7) is 8.35. The Labute approximate surface area is 137 Å². The van der Waals surface area contributed by atoms with Gasteiger partial charge in [0.1, 0.15) is 0 Å². The zero-order chi connectivity index (χ0) is 16.5. The van der Waals surface area contributed by atoms with E-state index in [0.29, 0.717) is 0 Å². The third-order valence-corrected chi connectivity index (χ3v) is 5.41. The molecule has 1 aromatic carbocycles. The first-order chi connectivity index (χ1) is 10.2. The SMILES string of the molecule is CN1SCc2cc(B3OC(C)(C)C(C)(C)O3)ccc21.O[B]O. The standard InChI is InChI=1S/C14H20BNO2S.BH2O2/c1-13(2)14(3,4)18-15(17-13)11-6-7-12-10(8-11)9-19-16(12)5;2-1-3/h6-8H,9H2,1-5H3;2-3H. The van der Waals surface area contributed by atoms with E-state index in [2.05, 4.69) is 57.2 Å². The van der Waals surface area contributed by atoms with Crippen molar-refractivity contribution in [3.05, 3.63) is 23.8 Å². The molecule has 22 heavy (non-hydrogen) atoms. The van der Waals surface area contributed by atoms with E-state index in [0.717, 1.165) is 11.2 Å². The minimum atomic E-state index is -0.276. The van der Waals surface area contributed by atoms with E-state index in [1.54, 1.807) is 0 Å². The van der Waals surface area contributed by atoms with Gasteiger partial charge in [0.05, 0.1) is 16.9 Å². The molecule has 119 valence electrons. The molecule has 1 radical (unpaired) electrons. The Balaban J connectivity index is 0.000000545. The van der Waals surface area contributed by atoms with E-state index in [1.807, 2.05) is 11.9 Å². The summed E-state index contributed by atoms with van der Waals surface area (Å²) in [5.41, 5.74) is 3.23. The van der Waals surface area contributed by atoms with Gasteiger partial charge in [0.25, 0.3) is 0 Å². The Hall–Kier alpha value is -0.660. The molecule has 0 aromatic heterocycles. The summed E-state index contributed by atoms with van der Waals surface area (Å²) in [4.78, 5) is 0. The van der Waals surface area contributed by atoms with E-state index in [-0.39, 0.29) is 26.0 Å². The van der Waals surface area contributed by atoms with Crippen LogP contribution in [0.25, 0.3) is 0 Å². The van der Waals surface area contributed by atoms with Crippen molar-refractivity contribution in [1.82, 2.24) is 0 Å². The molecule has 0 bridgehead atoms. The first-order valence-electron chi connectivity index (χ1n) is 7.17. The second kappa shape index (κ2) is 6.45. The Morgan fingerprint density at radius 1 is 1.18 bits per heavy atom. The van der Waals surface area contributed by atoms with Crippen molar-refractivity contribution in [2.24, 2.45) is 0 Å². The number of nitrogens with zero attached hydrogens (tertiary/aromatic N) is 1. The molecular formula is C14H22B2NO4S. The van der Waals surface area contributed by atoms with Crippen LogP contribution in [0.15, 0.2) is 18.2 Å². The molecule has 0 unspecified atom stereocenters. The van der Waals surface area contributed by atoms with Gasteiger partial charge in [0, 0.05) is 12.8 Å². The van der Waals surface area contributed by atoms with Gasteiger partial charge in [-0.15, -0.1) is 0 Å². The highest BCUT2D eigenvalue weighted by molar-refractivity contribution is 8.00. The summed E-state index contributed by atoms with van der Waals surface area (Å²) in [7, 11) is 1.84. The maximum absolute atomic E-state index is 7.00. The fourth-order valence-electron chi connectivity index (χ4n) is 2.39. The molecule has 2 N–H and O–H groups in total. The van der Waals surface area contributed by atoms with Crippen molar-refractivity contribution >= 4 is 37.9 Å². The van der Waals surface area contributed by atoms with E-state index in [9.17, 15) is 0 Å². The van der Waals surface area contributed by atoms with Crippen molar-refractivity contribution in [1.29, 1.82) is 0 Å². The Kier molecular flexibility index (Phi) is 5.19. The van der Waals surface area contributed by atoms with E-state index in [4.69, 9.17) is 19.4 Å². The van der Waals surface area contributed by atoms with Crippen LogP contribution < -0.4 is 9.77 Å². The molecular weight excluding hydrogens is 300 g/mol. The lowest BCUT2D eigenvalue weighted by molar-refractivity contribution is 0.00578. The number of hydrogen-bond acceptors (Lipinski definition) is 6. The van der Waals surface area contributed by atoms with Gasteiger partial charge in [0.15, 0.2) is 0 Å². The Morgan fingerprint density at radius 3 is 2.27 bits per heavy atom. The van der Waals surface area contributed by atoms with Crippen molar-refractivity contribution in [3.63, 3.8) is 0 Å². The minimum absolute atomic E-state index is 0. The van der Waals surface area contributed by atoms with Crippen molar-refractivity contribution in [2.45, 2.75) is 44.6 Å². The second-order valence-electron chi connectivity index (χ2n) is 6.36. The molecule has 2 aliphatic heterocycles. The molecule has 3 rings (SSSR count). The monoisotopic (exact) mass is 322 g/mol. The van der Waals surface area contributed by atoms with E-state index >= 15 is 0 Å². The van der Waals surface area contributed by atoms with Crippen molar-refractivity contribution in [2.75, 3.05) is 11.4 Å². The van der Waals surface area contributed by atoms with Gasteiger partial charge >= 0.3 is 14.8 Å². The zero-order valence-corrected chi connectivity index (χ0v) is 14.5. The molecule has 0 aliphatic carbocycles. The van der Waals surface area contributed by atoms with Crippen molar-refractivity contribution in [3.8, 4) is 0 Å². The van der Waals surface area contributed by atoms with Gasteiger partial charge in [-0.1, -0.05) is 12.1 Å². The zero-order valence-electron chi connectivity index (χ0n) is 13.7. The lowest BCUT2D eigenvalue weighted by atomic mass is 9.78. The average molecular weight is 322 g/mol. The number of fused-ring (bicyclic) bond motifs is 1. The number of rotatable bonds is 1. The summed E-state index contributed by atoms with van der Waals surface area (Å²) in [6, 6.07) is 6.49. The molecule has 2 aliphatic rings. The maximum atomic E-state index is 7.00. The Bertz CT molecular complexity index is 526. The third-order valence-electron chi connectivity index (χ3n) is 4.38. The van der Waals surface area contributed by atoms with Gasteiger partial charge in [-0.3, -0.25) is 0 Å². The fourth-order valence-corrected chi connectivity index (χ4v) is 3.27. The van der Waals surface area contributed by atoms with Gasteiger partial charge < -0.3 is 23.7 Å². The van der Waals surface area contributed by atoms with Crippen LogP contribution in [0.3, 0.4) is 0 Å². The highest BCUT2D eigenvalue weighted by atomic mass is 32.2. The molecule has 0 amide bonds. The summed E-state index contributed by atoms with van der Waals surface area (Å²) in [6.07, 6.45) is 0. The molecule has 1 saturated heterocycles. The Morgan fingerprint density at radius 2 is 1.73 bits per heavy atom. The number of anilines is 1. The molecule has 8 heteroatoms. The van der Waals surface area contributed by atoms with E-state index in [1.165, 1.54) is 11.3 Å². The van der Waals surface area contributed by atoms with Gasteiger partial charge in [-0.05, 0) is 56.7 Å². The topological polar surface area (TPSA) is 62.2 Å². The lowest BCUT2D eigenvalue weighted by Crippen LogP contribution is -2.41. The summed E-state index contributed by atoms with van der Waals surface area (Å²) >= 11 is 1.83. The van der Waals surface area contributed by atoms with Crippen LogP contribution in [0, 0.1) is 0 Å². The molecule has 5 nitrogen and oxygen atoms in total. The normalized spacial score (nSPS) is 21.2. The van der Waals surface area contributed by atoms with Gasteiger partial charge in [0.2, 0.25) is 0 Å². The number of benzene rings is 1. The van der Waals surface area contributed by atoms with Crippen LogP contribution in [0.5, 0.6) is 0 Å². The third kappa shape index (κ3) is 3.31. The van der Waals surface area contributed by atoms with E-state index < -0.39 is 0 Å². The van der Waals surface area contributed by atoms with Crippen LogP contribution in [0.2, 0.25) is 0 Å². The van der Waals surface area contributed by atoms with Gasteiger partial charge in [-0.2, -0.15) is 0 Å². The lowest BCUT2D eigenvalue weighted by Gasteiger charge is -2.32. The molecule has 0 saturated carbocycles. The molecule has 1 fully saturated rings. The predicted molar refractivity (Wildman–Crippen MR) is 92.0 cm³/mol. The molecule has 1 aromatic rings. The quantitative estimate of drug-likeness (QED) is 0.596. The first kappa shape index (κ1) is 17.7. The summed E-state index contributed by atoms with van der Waals surface area (Å²) in [5, 5.41) is 14.0. The van der Waals surface area contributed by atoms with Gasteiger partial charge in [-0.25, -0.2) is 0 Å². The van der Waals surface area contributed by atoms with Crippen LogP contribution >= 0.6 is 11.9 Å². The van der Waals surface area contributed by atoms with Crippen LogP contribution in [-0.2, 0) is 15.1 Å². The number of hydrogen-bond donors (Lipinski definition) is 2. The largest absolute Gasteiger partial charge is 0.494 e. The summed E-state index contributed by atoms with van der Waals surface area (Å²) < 4.78 is 14.4. The fraction of sp³-hybridized carbons (Fsp3) is 0.571. The minimum Gasteiger partial charge on any atom is -0.429 e.